The second-order valence-corrected chi connectivity index (χ2v) is 11.9. The molecule has 1 aromatic rings. The van der Waals surface area contributed by atoms with Crippen LogP contribution >= 0.6 is 18.9 Å². The molecule has 0 amide bonds. The van der Waals surface area contributed by atoms with E-state index in [1.54, 1.807) is 0 Å². The SMILES string of the molecule is CCOc1cccc([P+]([CH-]Cl)(C2CCCCC2)C2CCCCC2)c1. The highest BCUT2D eigenvalue weighted by molar-refractivity contribution is 7.87. The summed E-state index contributed by atoms with van der Waals surface area (Å²) in [7, 11) is -1.47. The smallest absolute Gasteiger partial charge is 0.123 e. The summed E-state index contributed by atoms with van der Waals surface area (Å²) in [4.78, 5) is 0. The predicted molar refractivity (Wildman–Crippen MR) is 108 cm³/mol. The van der Waals surface area contributed by atoms with Gasteiger partial charge in [-0.25, -0.2) is 0 Å². The van der Waals surface area contributed by atoms with Gasteiger partial charge in [0.25, 0.3) is 0 Å². The molecular weight excluding hydrogens is 335 g/mol. The summed E-state index contributed by atoms with van der Waals surface area (Å²) in [5, 5.41) is 1.50. The van der Waals surface area contributed by atoms with Crippen molar-refractivity contribution >= 4 is 24.2 Å². The monoisotopic (exact) mass is 366 g/mol. The summed E-state index contributed by atoms with van der Waals surface area (Å²) in [5.74, 6) is 1.02. The van der Waals surface area contributed by atoms with Crippen molar-refractivity contribution < 1.29 is 4.74 Å². The molecule has 2 aliphatic carbocycles. The first-order valence-electron chi connectivity index (χ1n) is 9.87. The maximum absolute atomic E-state index is 6.74. The van der Waals surface area contributed by atoms with Gasteiger partial charge in [-0.15, -0.1) is 0 Å². The molecule has 0 heterocycles. The zero-order valence-corrected chi connectivity index (χ0v) is 16.7. The molecule has 0 unspecified atom stereocenters. The molecule has 1 aromatic carbocycles. The standard InChI is InChI=1S/C21H32ClOP/c1-2-23-18-10-9-15-21(16-18)24(17-22,19-11-5-3-6-12-19)20-13-7-4-8-14-20/h9-10,15-17,19-20H,2-8,11-14H2,1H3. The van der Waals surface area contributed by atoms with Crippen molar-refractivity contribution in [1.29, 1.82) is 0 Å². The zero-order valence-electron chi connectivity index (χ0n) is 15.1. The van der Waals surface area contributed by atoms with E-state index in [1.165, 1.54) is 69.5 Å². The highest BCUT2D eigenvalue weighted by atomic mass is 35.5. The van der Waals surface area contributed by atoms with Crippen molar-refractivity contribution in [3.8, 4) is 5.75 Å². The first-order chi connectivity index (χ1) is 11.8. The van der Waals surface area contributed by atoms with Crippen molar-refractivity contribution in [3.05, 3.63) is 29.9 Å². The van der Waals surface area contributed by atoms with Gasteiger partial charge in [-0.05, 0) is 70.4 Å². The van der Waals surface area contributed by atoms with Crippen molar-refractivity contribution in [2.45, 2.75) is 82.4 Å². The maximum Gasteiger partial charge on any atom is 0.123 e. The summed E-state index contributed by atoms with van der Waals surface area (Å²) in [6.07, 6.45) is 13.8. The lowest BCUT2D eigenvalue weighted by Crippen LogP contribution is -2.34. The molecule has 0 radical (unpaired) electrons. The normalized spacial score (nSPS) is 20.9. The largest absolute Gasteiger partial charge is 0.494 e. The van der Waals surface area contributed by atoms with Crippen molar-refractivity contribution in [1.82, 2.24) is 0 Å². The quantitative estimate of drug-likeness (QED) is 0.399. The molecule has 0 aromatic heterocycles. The minimum Gasteiger partial charge on any atom is -0.494 e. The summed E-state index contributed by atoms with van der Waals surface area (Å²) in [6, 6.07) is 8.94. The average Bonchev–Trinajstić information content (AvgIpc) is 2.65. The molecule has 0 saturated heterocycles. The number of ether oxygens (including phenoxy) is 1. The molecule has 3 heteroatoms. The van der Waals surface area contributed by atoms with Gasteiger partial charge in [0.15, 0.2) is 0 Å². The Bertz CT molecular complexity index is 488. The number of halogens is 1. The molecule has 2 fully saturated rings. The Morgan fingerprint density at radius 2 is 1.58 bits per heavy atom. The molecular formula is C21H32ClOP. The van der Waals surface area contributed by atoms with Crippen LogP contribution in [0.4, 0.5) is 0 Å². The van der Waals surface area contributed by atoms with E-state index in [-0.39, 0.29) is 0 Å². The molecule has 3 rings (SSSR count). The van der Waals surface area contributed by atoms with E-state index >= 15 is 0 Å². The van der Waals surface area contributed by atoms with Crippen LogP contribution in [0.1, 0.15) is 71.1 Å². The van der Waals surface area contributed by atoms with E-state index in [4.69, 9.17) is 16.3 Å². The summed E-state index contributed by atoms with van der Waals surface area (Å²) in [6.45, 7) is 2.79. The van der Waals surface area contributed by atoms with Gasteiger partial charge in [0.2, 0.25) is 0 Å². The molecule has 1 nitrogen and oxygen atoms in total. The molecule has 24 heavy (non-hydrogen) atoms. The second-order valence-electron chi connectivity index (χ2n) is 7.45. The van der Waals surface area contributed by atoms with Crippen LogP contribution in [-0.2, 0) is 0 Å². The third kappa shape index (κ3) is 3.78. The summed E-state index contributed by atoms with van der Waals surface area (Å²) >= 11 is 6.74. The van der Waals surface area contributed by atoms with E-state index < -0.39 is 7.26 Å². The molecule has 0 bridgehead atoms. The minimum absolute atomic E-state index is 0.729. The molecule has 0 spiro atoms. The van der Waals surface area contributed by atoms with Crippen molar-refractivity contribution in [2.75, 3.05) is 6.61 Å². The van der Waals surface area contributed by atoms with E-state index in [0.29, 0.717) is 0 Å². The first kappa shape index (κ1) is 18.5. The Morgan fingerprint density at radius 1 is 1.00 bits per heavy atom. The molecule has 0 atom stereocenters. The van der Waals surface area contributed by atoms with Gasteiger partial charge >= 0.3 is 0 Å². The zero-order chi connectivity index (χ0) is 16.8. The van der Waals surface area contributed by atoms with E-state index in [9.17, 15) is 0 Å². The van der Waals surface area contributed by atoms with Crippen molar-refractivity contribution in [2.24, 2.45) is 0 Å². The number of hydrogen-bond donors (Lipinski definition) is 0. The van der Waals surface area contributed by atoms with Gasteiger partial charge in [-0.1, -0.05) is 31.8 Å². The van der Waals surface area contributed by atoms with Crippen LogP contribution in [0, 0.1) is 5.62 Å². The van der Waals surface area contributed by atoms with Crippen LogP contribution in [0.5, 0.6) is 5.75 Å². The highest BCUT2D eigenvalue weighted by Gasteiger charge is 2.47. The lowest BCUT2D eigenvalue weighted by atomic mass is 9.99. The van der Waals surface area contributed by atoms with E-state index in [2.05, 4.69) is 36.8 Å². The van der Waals surface area contributed by atoms with Crippen LogP contribution in [0.25, 0.3) is 0 Å². The van der Waals surface area contributed by atoms with Gasteiger partial charge in [0.05, 0.1) is 11.9 Å². The average molecular weight is 367 g/mol. The summed E-state index contributed by atoms with van der Waals surface area (Å²) in [5.41, 5.74) is 3.76. The molecule has 0 N–H and O–H groups in total. The Kier molecular flexibility index (Phi) is 6.88. The number of benzene rings is 1. The Balaban J connectivity index is 2.00. The topological polar surface area (TPSA) is 9.23 Å². The van der Waals surface area contributed by atoms with Crippen LogP contribution in [-0.4, -0.2) is 17.9 Å². The van der Waals surface area contributed by atoms with Crippen LogP contribution < -0.4 is 10.0 Å². The third-order valence-electron chi connectivity index (χ3n) is 6.10. The van der Waals surface area contributed by atoms with E-state index in [0.717, 1.165) is 23.7 Å². The number of hydrogen-bond acceptors (Lipinski definition) is 1. The predicted octanol–water partition coefficient (Wildman–Crippen LogP) is 6.75. The van der Waals surface area contributed by atoms with Crippen LogP contribution in [0.3, 0.4) is 0 Å². The van der Waals surface area contributed by atoms with Crippen LogP contribution in [0.2, 0.25) is 0 Å². The Morgan fingerprint density at radius 3 is 2.08 bits per heavy atom. The molecule has 134 valence electrons. The lowest BCUT2D eigenvalue weighted by Gasteiger charge is -2.48. The fourth-order valence-corrected chi connectivity index (χ4v) is 11.2. The second kappa shape index (κ2) is 8.91. The fourth-order valence-electron chi connectivity index (χ4n) is 4.93. The third-order valence-corrected chi connectivity index (χ3v) is 12.0. The highest BCUT2D eigenvalue weighted by Crippen LogP contribution is 2.74. The fraction of sp³-hybridized carbons (Fsp3) is 0.667. The molecule has 2 aliphatic rings. The first-order valence-corrected chi connectivity index (χ1v) is 12.3. The van der Waals surface area contributed by atoms with Gasteiger partial charge in [0, 0.05) is 17.4 Å². The lowest BCUT2D eigenvalue weighted by molar-refractivity contribution is 0.340. The van der Waals surface area contributed by atoms with Crippen LogP contribution in [0.15, 0.2) is 24.3 Å². The van der Waals surface area contributed by atoms with Gasteiger partial charge in [-0.3, -0.25) is 0 Å². The van der Waals surface area contributed by atoms with Gasteiger partial charge in [0.1, 0.15) is 5.75 Å². The molecule has 0 aliphatic heterocycles. The van der Waals surface area contributed by atoms with E-state index in [1.807, 2.05) is 0 Å². The Labute approximate surface area is 153 Å². The Hall–Kier alpha value is -0.260. The van der Waals surface area contributed by atoms with Gasteiger partial charge in [-0.2, -0.15) is 0 Å². The minimum atomic E-state index is -1.47. The van der Waals surface area contributed by atoms with Crippen molar-refractivity contribution in [3.63, 3.8) is 0 Å². The van der Waals surface area contributed by atoms with Gasteiger partial charge < -0.3 is 16.3 Å². The summed E-state index contributed by atoms with van der Waals surface area (Å²) < 4.78 is 5.82. The molecule has 2 saturated carbocycles. The number of rotatable bonds is 6. The maximum atomic E-state index is 6.74.